The molecule has 2 radical (unpaired) electrons. The largest absolute Gasteiger partial charge is 0.354 e. The second-order valence-electron chi connectivity index (χ2n) is 2.72. The first kappa shape index (κ1) is 8.65. The molecule has 1 aliphatic heterocycles. The molecule has 0 fully saturated rings. The van der Waals surface area contributed by atoms with E-state index in [1.807, 2.05) is 0 Å². The molecule has 14 heavy (non-hydrogen) atoms. The predicted octanol–water partition coefficient (Wildman–Crippen LogP) is -0.269. The summed E-state index contributed by atoms with van der Waals surface area (Å²) < 4.78 is 0.964. The fourth-order valence-electron chi connectivity index (χ4n) is 1.07. The van der Waals surface area contributed by atoms with Gasteiger partial charge in [-0.2, -0.15) is 4.99 Å². The molecule has 0 spiro atoms. The Bertz CT molecular complexity index is 537. The van der Waals surface area contributed by atoms with Gasteiger partial charge in [0, 0.05) is 12.1 Å². The molecule has 1 aromatic rings. The first-order chi connectivity index (χ1) is 6.70. The van der Waals surface area contributed by atoms with E-state index in [9.17, 15) is 4.79 Å². The summed E-state index contributed by atoms with van der Waals surface area (Å²) >= 11 is 0. The van der Waals surface area contributed by atoms with Crippen LogP contribution in [0.3, 0.4) is 0 Å². The van der Waals surface area contributed by atoms with Crippen LogP contribution < -0.4 is 5.56 Å². The van der Waals surface area contributed by atoms with Gasteiger partial charge in [-0.15, -0.1) is 0 Å². The summed E-state index contributed by atoms with van der Waals surface area (Å²) in [6.45, 7) is 1.63. The minimum atomic E-state index is -0.364. The smallest absolute Gasteiger partial charge is 0.251 e. The Hall–Kier alpha value is -1.94. The summed E-state index contributed by atoms with van der Waals surface area (Å²) in [5.74, 6) is 3.22. The molecular weight excluding hydrogens is 179 g/mol. The van der Waals surface area contributed by atoms with E-state index in [2.05, 4.69) is 20.8 Å². The molecule has 5 nitrogen and oxygen atoms in total. The van der Waals surface area contributed by atoms with Gasteiger partial charge >= 0.3 is 0 Å². The standard InChI is InChI=1S/C8H5BN4O/c1-5-12-7-6(8(14)13(5)9)4-10-2-3-11-7/h2,4H,1H3. The number of rotatable bonds is 0. The second-order valence-corrected chi connectivity index (χ2v) is 2.72. The van der Waals surface area contributed by atoms with E-state index in [-0.39, 0.29) is 11.1 Å². The predicted molar refractivity (Wildman–Crippen MR) is 53.6 cm³/mol. The maximum atomic E-state index is 11.6. The second kappa shape index (κ2) is 3.08. The van der Waals surface area contributed by atoms with Crippen molar-refractivity contribution in [3.05, 3.63) is 27.9 Å². The summed E-state index contributed by atoms with van der Waals surface area (Å²) in [6, 6.07) is 0. The third kappa shape index (κ3) is 1.22. The molecule has 0 amide bonds. The molecule has 0 atom stereocenters. The monoisotopic (exact) mass is 184 g/mol. The van der Waals surface area contributed by atoms with E-state index in [1.54, 1.807) is 6.92 Å². The zero-order chi connectivity index (χ0) is 10.1. The number of fused-ring (bicyclic) bond motifs is 1. The van der Waals surface area contributed by atoms with Crippen molar-refractivity contribution in [3.8, 4) is 0 Å². The van der Waals surface area contributed by atoms with Gasteiger partial charge in [0.15, 0.2) is 5.82 Å². The molecule has 0 aromatic carbocycles. The third-order valence-corrected chi connectivity index (χ3v) is 1.81. The van der Waals surface area contributed by atoms with Crippen molar-refractivity contribution in [2.45, 2.75) is 6.92 Å². The Labute approximate surface area is 81.0 Å². The number of aliphatic imine (C=N–C) groups is 2. The molecule has 0 aliphatic carbocycles. The topological polar surface area (TPSA) is 59.6 Å². The van der Waals surface area contributed by atoms with E-state index in [0.29, 0.717) is 11.6 Å². The average molecular weight is 184 g/mol. The third-order valence-electron chi connectivity index (χ3n) is 1.81. The molecule has 2 heterocycles. The van der Waals surface area contributed by atoms with Crippen LogP contribution >= 0.6 is 0 Å². The van der Waals surface area contributed by atoms with Crippen molar-refractivity contribution >= 4 is 25.9 Å². The number of nitrogens with zero attached hydrogens (tertiary/aromatic N) is 4. The van der Waals surface area contributed by atoms with Crippen molar-refractivity contribution in [1.29, 1.82) is 0 Å². The highest BCUT2D eigenvalue weighted by molar-refractivity contribution is 6.07. The van der Waals surface area contributed by atoms with Crippen LogP contribution in [0.4, 0.5) is 5.82 Å². The molecule has 0 saturated heterocycles. The van der Waals surface area contributed by atoms with Crippen LogP contribution in [-0.4, -0.2) is 29.5 Å². The van der Waals surface area contributed by atoms with E-state index < -0.39 is 0 Å². The molecule has 0 saturated carbocycles. The van der Waals surface area contributed by atoms with Crippen molar-refractivity contribution in [2.24, 2.45) is 9.98 Å². The molecule has 1 aromatic heterocycles. The van der Waals surface area contributed by atoms with Crippen LogP contribution in [0, 0.1) is 6.92 Å². The summed E-state index contributed by atoms with van der Waals surface area (Å²) in [7, 11) is 5.46. The quantitative estimate of drug-likeness (QED) is 0.521. The summed E-state index contributed by atoms with van der Waals surface area (Å²) in [5, 5.41) is 0. The lowest BCUT2D eigenvalue weighted by Gasteiger charge is -2.05. The van der Waals surface area contributed by atoms with Crippen LogP contribution in [0.25, 0.3) is 0 Å². The van der Waals surface area contributed by atoms with Gasteiger partial charge in [-0.3, -0.25) is 9.79 Å². The molecule has 66 valence electrons. The minimum Gasteiger partial charge on any atom is -0.354 e. The molecule has 0 bridgehead atoms. The van der Waals surface area contributed by atoms with Gasteiger partial charge in [0.2, 0.25) is 7.98 Å². The van der Waals surface area contributed by atoms with Crippen LogP contribution in [0.5, 0.6) is 0 Å². The molecule has 0 N–H and O–H groups in total. The number of hydrogen-bond donors (Lipinski definition) is 0. The molecule has 1 aliphatic rings. The fourth-order valence-corrected chi connectivity index (χ4v) is 1.07. The molecule has 6 heteroatoms. The number of aryl methyl sites for hydroxylation is 1. The van der Waals surface area contributed by atoms with Gasteiger partial charge in [-0.05, 0) is 6.92 Å². The van der Waals surface area contributed by atoms with Crippen LogP contribution in [0.1, 0.15) is 11.4 Å². The first-order valence-electron chi connectivity index (χ1n) is 3.90. The van der Waals surface area contributed by atoms with Gasteiger partial charge in [-0.25, -0.2) is 4.98 Å². The van der Waals surface area contributed by atoms with E-state index >= 15 is 0 Å². The number of aromatic nitrogens is 2. The van der Waals surface area contributed by atoms with Gasteiger partial charge in [0.25, 0.3) is 5.56 Å². The summed E-state index contributed by atoms with van der Waals surface area (Å²) in [6.07, 6.45) is 2.73. The van der Waals surface area contributed by atoms with Gasteiger partial charge in [0.1, 0.15) is 5.56 Å². The molecule has 0 unspecified atom stereocenters. The highest BCUT2D eigenvalue weighted by Crippen LogP contribution is 2.10. The average Bonchev–Trinajstić information content (AvgIpc) is 2.39. The SMILES string of the molecule is [B]n1c(C)nc2c(c1=O)C=NC=C=N2. The highest BCUT2D eigenvalue weighted by atomic mass is 16.1. The summed E-state index contributed by atoms with van der Waals surface area (Å²) in [4.78, 5) is 23.2. The van der Waals surface area contributed by atoms with Gasteiger partial charge < -0.3 is 4.48 Å². The van der Waals surface area contributed by atoms with Crippen molar-refractivity contribution in [2.75, 3.05) is 0 Å². The Morgan fingerprint density at radius 2 is 2.36 bits per heavy atom. The van der Waals surface area contributed by atoms with Crippen molar-refractivity contribution in [3.63, 3.8) is 0 Å². The fraction of sp³-hybridized carbons (Fsp3) is 0.125. The summed E-state index contributed by atoms with van der Waals surface area (Å²) in [5.41, 5.74) is -0.0866. The lowest BCUT2D eigenvalue weighted by atomic mass is 10.2. The normalized spacial score (nSPS) is 12.6. The van der Waals surface area contributed by atoms with Crippen molar-refractivity contribution in [1.82, 2.24) is 9.46 Å². The minimum absolute atomic E-state index is 0.277. The molecular formula is C8H5BN4O. The maximum absolute atomic E-state index is 11.6. The van der Waals surface area contributed by atoms with Crippen LogP contribution in [0.15, 0.2) is 21.0 Å². The van der Waals surface area contributed by atoms with E-state index in [0.717, 1.165) is 4.48 Å². The Kier molecular flexibility index (Phi) is 1.91. The Morgan fingerprint density at radius 3 is 3.14 bits per heavy atom. The first-order valence-corrected chi connectivity index (χ1v) is 3.90. The highest BCUT2D eigenvalue weighted by Gasteiger charge is 2.10. The van der Waals surface area contributed by atoms with Crippen molar-refractivity contribution < 1.29 is 0 Å². The Balaban J connectivity index is 2.86. The van der Waals surface area contributed by atoms with Crippen LogP contribution in [-0.2, 0) is 0 Å². The van der Waals surface area contributed by atoms with Gasteiger partial charge in [-0.1, -0.05) is 0 Å². The Morgan fingerprint density at radius 1 is 1.57 bits per heavy atom. The lowest BCUT2D eigenvalue weighted by Crippen LogP contribution is -2.25. The molecule has 2 rings (SSSR count). The van der Waals surface area contributed by atoms with E-state index in [1.165, 1.54) is 12.4 Å². The zero-order valence-electron chi connectivity index (χ0n) is 7.43. The lowest BCUT2D eigenvalue weighted by molar-refractivity contribution is 0.949. The van der Waals surface area contributed by atoms with Crippen LogP contribution in [0.2, 0.25) is 0 Å². The van der Waals surface area contributed by atoms with E-state index in [4.69, 9.17) is 7.98 Å². The van der Waals surface area contributed by atoms with Gasteiger partial charge in [0.05, 0.1) is 12.0 Å². The number of hydrogen-bond acceptors (Lipinski definition) is 4. The maximum Gasteiger partial charge on any atom is 0.251 e. The zero-order valence-corrected chi connectivity index (χ0v) is 7.43.